The van der Waals surface area contributed by atoms with Crippen molar-refractivity contribution in [2.45, 2.75) is 61.8 Å². The Morgan fingerprint density at radius 3 is 2.29 bits per heavy atom. The number of sulfonamides is 1. The van der Waals surface area contributed by atoms with E-state index in [1.165, 1.54) is 0 Å². The molecule has 3 N–H and O–H groups in total. The normalized spacial score (nSPS) is 22.4. The van der Waals surface area contributed by atoms with Crippen LogP contribution in [0.15, 0.2) is 108 Å². The highest BCUT2D eigenvalue weighted by molar-refractivity contribution is 7.89. The summed E-state index contributed by atoms with van der Waals surface area (Å²) in [5.41, 5.74) is 5.64. The van der Waals surface area contributed by atoms with E-state index in [1.807, 2.05) is 72.8 Å². The van der Waals surface area contributed by atoms with Gasteiger partial charge in [0, 0.05) is 31.1 Å². The summed E-state index contributed by atoms with van der Waals surface area (Å²) in [5, 5.41) is 19.4. The van der Waals surface area contributed by atoms with E-state index in [0.29, 0.717) is 6.42 Å². The molecule has 4 aromatic rings. The second-order valence-electron chi connectivity index (χ2n) is 11.8. The number of rotatable bonds is 11. The third-order valence-electron chi connectivity index (χ3n) is 8.73. The molecule has 2 fully saturated rings. The molecule has 45 heavy (non-hydrogen) atoms. The lowest BCUT2D eigenvalue weighted by molar-refractivity contribution is -0.253. The summed E-state index contributed by atoms with van der Waals surface area (Å²) in [5.74, 6) is 0. The molecule has 9 heteroatoms. The summed E-state index contributed by atoms with van der Waals surface area (Å²) in [6.45, 7) is 2.02. The second kappa shape index (κ2) is 14.3. The summed E-state index contributed by atoms with van der Waals surface area (Å²) in [4.78, 5) is 2.57. The number of hydrogen-bond acceptors (Lipinski definition) is 7. The molecular formula is C36H40N2O6S. The molecule has 2 aliphatic heterocycles. The zero-order valence-electron chi connectivity index (χ0n) is 25.2. The first-order valence-electron chi connectivity index (χ1n) is 15.5. The van der Waals surface area contributed by atoms with Gasteiger partial charge in [0.15, 0.2) is 6.29 Å². The maximum atomic E-state index is 12.7. The Hall–Kier alpha value is -3.41. The van der Waals surface area contributed by atoms with Crippen LogP contribution in [0.2, 0.25) is 0 Å². The van der Waals surface area contributed by atoms with Crippen LogP contribution >= 0.6 is 0 Å². The number of aliphatic hydroxyl groups is 2. The highest BCUT2D eigenvalue weighted by Crippen LogP contribution is 2.39. The van der Waals surface area contributed by atoms with Crippen molar-refractivity contribution in [2.24, 2.45) is 0 Å². The predicted molar refractivity (Wildman–Crippen MR) is 172 cm³/mol. The Kier molecular flexibility index (Phi) is 10.1. The molecule has 0 amide bonds. The fraction of sp³-hybridized carbons (Fsp3) is 0.333. The van der Waals surface area contributed by atoms with Gasteiger partial charge in [-0.1, -0.05) is 84.9 Å². The summed E-state index contributed by atoms with van der Waals surface area (Å²) >= 11 is 0. The Bertz CT molecular complexity index is 1650. The average Bonchev–Trinajstić information content (AvgIpc) is 3.55. The number of likely N-dealkylation sites (tertiary alicyclic amines) is 1. The van der Waals surface area contributed by atoms with Gasteiger partial charge in [0.05, 0.1) is 30.3 Å². The molecule has 6 rings (SSSR count). The maximum Gasteiger partial charge on any atom is 0.240 e. The van der Waals surface area contributed by atoms with Crippen LogP contribution in [0.4, 0.5) is 0 Å². The lowest BCUT2D eigenvalue weighted by Crippen LogP contribution is -2.42. The number of nitrogens with zero attached hydrogens (tertiary/aromatic N) is 1. The number of ether oxygens (including phenoxy) is 2. The minimum atomic E-state index is -3.60. The summed E-state index contributed by atoms with van der Waals surface area (Å²) in [7, 11) is -3.60. The van der Waals surface area contributed by atoms with E-state index in [4.69, 9.17) is 9.47 Å². The molecule has 4 unspecified atom stereocenters. The van der Waals surface area contributed by atoms with Crippen LogP contribution in [0.1, 0.15) is 53.9 Å². The van der Waals surface area contributed by atoms with Crippen LogP contribution in [0.3, 0.4) is 0 Å². The molecule has 4 aromatic carbocycles. The Morgan fingerprint density at radius 2 is 1.56 bits per heavy atom. The molecule has 236 valence electrons. The molecule has 0 aliphatic carbocycles. The highest BCUT2D eigenvalue weighted by atomic mass is 32.2. The SMILES string of the molecule is O=S(=O)(NCc1cccc(-c2ccc(C3OC(CN4CCCC4CO)CC(c4ccc(CO)cc4)O3)cc2)c1)c1ccccc1. The van der Waals surface area contributed by atoms with Gasteiger partial charge < -0.3 is 19.7 Å². The van der Waals surface area contributed by atoms with Gasteiger partial charge in [-0.05, 0) is 65.4 Å². The van der Waals surface area contributed by atoms with Crippen molar-refractivity contribution in [2.75, 3.05) is 19.7 Å². The van der Waals surface area contributed by atoms with Crippen LogP contribution in [-0.4, -0.2) is 55.4 Å². The maximum absolute atomic E-state index is 12.7. The minimum absolute atomic E-state index is 0.00374. The molecule has 0 radical (unpaired) electrons. The zero-order chi connectivity index (χ0) is 31.2. The van der Waals surface area contributed by atoms with Crippen LogP contribution in [0, 0.1) is 0 Å². The number of aliphatic hydroxyl groups excluding tert-OH is 2. The molecule has 0 saturated carbocycles. The topological polar surface area (TPSA) is 108 Å². The molecule has 2 saturated heterocycles. The largest absolute Gasteiger partial charge is 0.395 e. The first-order chi connectivity index (χ1) is 21.9. The first-order valence-corrected chi connectivity index (χ1v) is 17.0. The Morgan fingerprint density at radius 1 is 0.800 bits per heavy atom. The molecule has 4 atom stereocenters. The fourth-order valence-electron chi connectivity index (χ4n) is 6.19. The van der Waals surface area contributed by atoms with E-state index in [0.717, 1.165) is 59.3 Å². The zero-order valence-corrected chi connectivity index (χ0v) is 26.0. The summed E-state index contributed by atoms with van der Waals surface area (Å²) < 4.78 is 41.1. The van der Waals surface area contributed by atoms with E-state index in [9.17, 15) is 18.6 Å². The second-order valence-corrected chi connectivity index (χ2v) is 13.6. The van der Waals surface area contributed by atoms with Gasteiger partial charge in [0.25, 0.3) is 0 Å². The van der Waals surface area contributed by atoms with E-state index in [1.54, 1.807) is 30.3 Å². The van der Waals surface area contributed by atoms with Crippen molar-refractivity contribution in [3.05, 3.63) is 125 Å². The number of benzene rings is 4. The van der Waals surface area contributed by atoms with E-state index < -0.39 is 16.3 Å². The molecule has 2 aliphatic rings. The number of nitrogens with one attached hydrogen (secondary N) is 1. The average molecular weight is 629 g/mol. The Balaban J connectivity index is 1.17. The van der Waals surface area contributed by atoms with E-state index in [2.05, 4.69) is 9.62 Å². The van der Waals surface area contributed by atoms with Crippen molar-refractivity contribution in [3.63, 3.8) is 0 Å². The molecule has 2 heterocycles. The van der Waals surface area contributed by atoms with Gasteiger partial charge in [-0.2, -0.15) is 0 Å². The van der Waals surface area contributed by atoms with Crippen LogP contribution in [-0.2, 0) is 32.6 Å². The standard InChI is InChI=1S/C36H40N2O6S/c39-24-26-11-13-29(14-12-26)35-21-33(23-38-19-5-8-32(38)25-40)43-36(44-35)30-17-15-28(16-18-30)31-7-4-6-27(20-31)22-37-45(41,42)34-9-2-1-3-10-34/h1-4,6-7,9-18,20,32-33,35-37,39-40H,5,8,19,21-25H2. The highest BCUT2D eigenvalue weighted by Gasteiger charge is 2.35. The fourth-order valence-corrected chi connectivity index (χ4v) is 7.23. The van der Waals surface area contributed by atoms with E-state index >= 15 is 0 Å². The first kappa shape index (κ1) is 31.6. The van der Waals surface area contributed by atoms with Crippen molar-refractivity contribution < 1.29 is 28.1 Å². The van der Waals surface area contributed by atoms with Gasteiger partial charge in [-0.15, -0.1) is 0 Å². The van der Waals surface area contributed by atoms with E-state index in [-0.39, 0.29) is 42.9 Å². The molecule has 8 nitrogen and oxygen atoms in total. The Labute approximate surface area is 265 Å². The van der Waals surface area contributed by atoms with Crippen molar-refractivity contribution >= 4 is 10.0 Å². The van der Waals surface area contributed by atoms with Crippen LogP contribution in [0.5, 0.6) is 0 Å². The predicted octanol–water partition coefficient (Wildman–Crippen LogP) is 5.33. The quantitative estimate of drug-likeness (QED) is 0.206. The molecule has 0 bridgehead atoms. The van der Waals surface area contributed by atoms with Crippen molar-refractivity contribution in [3.8, 4) is 11.1 Å². The third kappa shape index (κ3) is 7.70. The third-order valence-corrected chi connectivity index (χ3v) is 10.1. The lowest BCUT2D eigenvalue weighted by atomic mass is 9.99. The van der Waals surface area contributed by atoms with Gasteiger partial charge in [0.2, 0.25) is 10.0 Å². The van der Waals surface area contributed by atoms with Gasteiger partial charge in [-0.25, -0.2) is 13.1 Å². The monoisotopic (exact) mass is 628 g/mol. The van der Waals surface area contributed by atoms with Gasteiger partial charge >= 0.3 is 0 Å². The molecule has 0 aromatic heterocycles. The molecular weight excluding hydrogens is 588 g/mol. The van der Waals surface area contributed by atoms with Gasteiger partial charge in [-0.3, -0.25) is 4.90 Å². The van der Waals surface area contributed by atoms with Crippen molar-refractivity contribution in [1.82, 2.24) is 9.62 Å². The summed E-state index contributed by atoms with van der Waals surface area (Å²) in [6.07, 6.45) is 1.96. The molecule has 0 spiro atoms. The smallest absolute Gasteiger partial charge is 0.240 e. The number of hydrogen-bond donors (Lipinski definition) is 3. The van der Waals surface area contributed by atoms with Crippen molar-refractivity contribution in [1.29, 1.82) is 0 Å². The summed E-state index contributed by atoms with van der Waals surface area (Å²) in [6, 6.07) is 32.3. The lowest BCUT2D eigenvalue weighted by Gasteiger charge is -2.38. The minimum Gasteiger partial charge on any atom is -0.395 e. The van der Waals surface area contributed by atoms with Crippen LogP contribution in [0.25, 0.3) is 11.1 Å². The van der Waals surface area contributed by atoms with Gasteiger partial charge in [0.1, 0.15) is 0 Å². The van der Waals surface area contributed by atoms with Crippen LogP contribution < -0.4 is 4.72 Å².